The molecule has 52 heavy (non-hydrogen) atoms. The number of thiazole rings is 1. The summed E-state index contributed by atoms with van der Waals surface area (Å²) in [6.45, 7) is 16.0. The minimum absolute atomic E-state index is 0.00140. The number of hydrogen-bond acceptors (Lipinski definition) is 8. The van der Waals surface area contributed by atoms with Gasteiger partial charge in [-0.05, 0) is 76.9 Å². The van der Waals surface area contributed by atoms with Crippen LogP contribution in [-0.2, 0) is 25.6 Å². The van der Waals surface area contributed by atoms with Crippen molar-refractivity contribution in [2.24, 2.45) is 23.7 Å². The molecule has 0 radical (unpaired) electrons. The minimum Gasteiger partial charge on any atom is -0.481 e. The second-order valence-electron chi connectivity index (χ2n) is 15.6. The van der Waals surface area contributed by atoms with Gasteiger partial charge in [0.1, 0.15) is 10.7 Å². The molecule has 0 aliphatic carbocycles. The van der Waals surface area contributed by atoms with Crippen LogP contribution in [0.3, 0.4) is 0 Å². The standard InChI is InChI=1S/C40H61N5O6S/c1-11-26(5)31(21-35(47)40(8)17-12-18-44(40)9)38(49)45(10)34(24(2)3)22-32(41-28(7)46)37-43-33(23-52-37)36(48)42-30(19-27(6)39(50)51)20-29-15-13-25(4)14-16-29/h13-16,23-24,26-27,30-32,34H,11-12,17-22H2,1-10H3,(H,41,46)(H,42,48)(H,50,51)/t26-,27-,30+,31-,32+,34+,40+/m0/s1. The van der Waals surface area contributed by atoms with Crippen LogP contribution in [0.25, 0.3) is 0 Å². The van der Waals surface area contributed by atoms with Gasteiger partial charge in [-0.25, -0.2) is 4.98 Å². The number of nitrogens with one attached hydrogen (secondary N) is 2. The van der Waals surface area contributed by atoms with Crippen molar-refractivity contribution in [1.29, 1.82) is 0 Å². The number of likely N-dealkylation sites (tertiary alicyclic amines) is 1. The first-order valence-electron chi connectivity index (χ1n) is 18.7. The summed E-state index contributed by atoms with van der Waals surface area (Å²) in [4.78, 5) is 74.2. The Morgan fingerprint density at radius 1 is 1.06 bits per heavy atom. The molecule has 2 heterocycles. The first-order valence-corrected chi connectivity index (χ1v) is 19.6. The van der Waals surface area contributed by atoms with Crippen LogP contribution in [0.15, 0.2) is 29.6 Å². The molecular formula is C40H61N5O6S. The third kappa shape index (κ3) is 11.2. The Hall–Kier alpha value is -3.64. The quantitative estimate of drug-likeness (QED) is 0.158. The predicted octanol–water partition coefficient (Wildman–Crippen LogP) is 6.06. The monoisotopic (exact) mass is 739 g/mol. The van der Waals surface area contributed by atoms with E-state index in [1.165, 1.54) is 18.3 Å². The molecule has 12 heteroatoms. The van der Waals surface area contributed by atoms with Gasteiger partial charge in [-0.1, -0.05) is 70.9 Å². The van der Waals surface area contributed by atoms with E-state index in [0.29, 0.717) is 17.8 Å². The number of Topliss-reactive ketones (excluding diaryl/α,β-unsaturated/α-hetero) is 1. The van der Waals surface area contributed by atoms with Crippen molar-refractivity contribution in [3.63, 3.8) is 0 Å². The Morgan fingerprint density at radius 3 is 2.25 bits per heavy atom. The number of aryl methyl sites for hydroxylation is 1. The summed E-state index contributed by atoms with van der Waals surface area (Å²) < 4.78 is 0. The third-order valence-electron chi connectivity index (χ3n) is 11.2. The maximum atomic E-state index is 14.3. The molecule has 0 spiro atoms. The van der Waals surface area contributed by atoms with Crippen molar-refractivity contribution in [3.05, 3.63) is 51.5 Å². The lowest BCUT2D eigenvalue weighted by molar-refractivity contribution is -0.143. The van der Waals surface area contributed by atoms with Gasteiger partial charge in [0.05, 0.1) is 17.5 Å². The Morgan fingerprint density at radius 2 is 1.71 bits per heavy atom. The fourth-order valence-electron chi connectivity index (χ4n) is 7.24. The molecule has 1 aliphatic rings. The van der Waals surface area contributed by atoms with E-state index in [0.717, 1.165) is 36.9 Å². The maximum absolute atomic E-state index is 14.3. The van der Waals surface area contributed by atoms with E-state index in [9.17, 15) is 29.1 Å². The number of amides is 3. The van der Waals surface area contributed by atoms with Crippen molar-refractivity contribution in [2.45, 2.75) is 124 Å². The molecule has 0 unspecified atom stereocenters. The first kappa shape index (κ1) is 42.8. The average Bonchev–Trinajstić information content (AvgIpc) is 3.72. The molecule has 1 aromatic carbocycles. The Bertz CT molecular complexity index is 1540. The van der Waals surface area contributed by atoms with Gasteiger partial charge in [-0.3, -0.25) is 28.9 Å². The van der Waals surface area contributed by atoms with E-state index >= 15 is 0 Å². The summed E-state index contributed by atoms with van der Waals surface area (Å²) >= 11 is 1.26. The van der Waals surface area contributed by atoms with Gasteiger partial charge in [-0.2, -0.15) is 0 Å². The zero-order valence-corrected chi connectivity index (χ0v) is 33.6. The highest BCUT2D eigenvalue weighted by molar-refractivity contribution is 7.09. The van der Waals surface area contributed by atoms with Crippen LogP contribution in [0.5, 0.6) is 0 Å². The Kier molecular flexibility index (Phi) is 15.6. The molecule has 1 fully saturated rings. The van der Waals surface area contributed by atoms with E-state index in [-0.39, 0.29) is 54.0 Å². The summed E-state index contributed by atoms with van der Waals surface area (Å²) in [6.07, 6.45) is 3.76. The smallest absolute Gasteiger partial charge is 0.306 e. The number of nitrogens with zero attached hydrogens (tertiary/aromatic N) is 3. The molecule has 3 amide bonds. The number of hydrogen-bond donors (Lipinski definition) is 3. The molecule has 3 rings (SSSR count). The molecule has 0 bridgehead atoms. The molecular weight excluding hydrogens is 679 g/mol. The number of ketones is 1. The minimum atomic E-state index is -0.932. The summed E-state index contributed by atoms with van der Waals surface area (Å²) in [6, 6.07) is 6.61. The highest BCUT2D eigenvalue weighted by Crippen LogP contribution is 2.34. The number of rotatable bonds is 19. The van der Waals surface area contributed by atoms with E-state index in [1.54, 1.807) is 24.3 Å². The largest absolute Gasteiger partial charge is 0.481 e. The maximum Gasteiger partial charge on any atom is 0.306 e. The third-order valence-corrected chi connectivity index (χ3v) is 12.1. The number of carboxylic acid groups (broad SMARTS) is 1. The van der Waals surface area contributed by atoms with Crippen molar-refractivity contribution >= 4 is 40.8 Å². The molecule has 2 aromatic rings. The van der Waals surface area contributed by atoms with Crippen LogP contribution in [-0.4, -0.2) is 87.6 Å². The van der Waals surface area contributed by atoms with E-state index in [2.05, 4.69) is 20.5 Å². The zero-order valence-electron chi connectivity index (χ0n) is 32.8. The summed E-state index contributed by atoms with van der Waals surface area (Å²) in [5.41, 5.74) is 1.70. The molecule has 288 valence electrons. The van der Waals surface area contributed by atoms with Crippen molar-refractivity contribution in [2.75, 3.05) is 20.6 Å². The van der Waals surface area contributed by atoms with Crippen molar-refractivity contribution in [1.82, 2.24) is 25.4 Å². The highest BCUT2D eigenvalue weighted by atomic mass is 32.1. The normalized spacial score (nSPS) is 19.7. The number of carbonyl (C=O) groups excluding carboxylic acids is 4. The van der Waals surface area contributed by atoms with E-state index in [1.807, 2.05) is 72.9 Å². The van der Waals surface area contributed by atoms with Crippen LogP contribution in [0.2, 0.25) is 0 Å². The molecule has 1 aromatic heterocycles. The Balaban J connectivity index is 1.83. The van der Waals surface area contributed by atoms with Crippen LogP contribution in [0, 0.1) is 30.6 Å². The van der Waals surface area contributed by atoms with Crippen LogP contribution < -0.4 is 10.6 Å². The summed E-state index contributed by atoms with van der Waals surface area (Å²) in [5.74, 6) is -2.72. The molecule has 1 aliphatic heterocycles. The molecule has 3 N–H and O–H groups in total. The lowest BCUT2D eigenvalue weighted by Crippen LogP contribution is -2.50. The molecule has 11 nitrogen and oxygen atoms in total. The van der Waals surface area contributed by atoms with Gasteiger partial charge in [0.15, 0.2) is 5.78 Å². The zero-order chi connectivity index (χ0) is 38.9. The number of carbonyl (C=O) groups is 5. The Labute approximate surface area is 314 Å². The number of aliphatic carboxylic acids is 1. The SMILES string of the molecule is CC[C@H](C)[C@H](CC(=O)[C@@]1(C)CCCN1C)C(=O)N(C)[C@H](C[C@@H](NC(C)=O)c1nc(C(=O)N[C@@H](Cc2ccc(C)cc2)C[C@H](C)C(=O)O)cs1)C(C)C. The molecule has 0 saturated carbocycles. The number of aromatic nitrogens is 1. The van der Waals surface area contributed by atoms with Gasteiger partial charge in [0.2, 0.25) is 11.8 Å². The van der Waals surface area contributed by atoms with Crippen LogP contribution in [0.4, 0.5) is 0 Å². The number of benzene rings is 1. The van der Waals surface area contributed by atoms with E-state index in [4.69, 9.17) is 0 Å². The van der Waals surface area contributed by atoms with Crippen molar-refractivity contribution < 1.29 is 29.1 Å². The lowest BCUT2D eigenvalue weighted by Gasteiger charge is -2.38. The van der Waals surface area contributed by atoms with Gasteiger partial charge < -0.3 is 20.6 Å². The predicted molar refractivity (Wildman–Crippen MR) is 205 cm³/mol. The second-order valence-corrected chi connectivity index (χ2v) is 16.5. The molecule has 7 atom stereocenters. The summed E-state index contributed by atoms with van der Waals surface area (Å²) in [5, 5.41) is 17.8. The van der Waals surface area contributed by atoms with Crippen LogP contribution >= 0.6 is 11.3 Å². The lowest BCUT2D eigenvalue weighted by atomic mass is 9.80. The average molecular weight is 740 g/mol. The van der Waals surface area contributed by atoms with Gasteiger partial charge >= 0.3 is 5.97 Å². The first-order chi connectivity index (χ1) is 24.4. The van der Waals surface area contributed by atoms with Gasteiger partial charge in [-0.15, -0.1) is 11.3 Å². The highest BCUT2D eigenvalue weighted by Gasteiger charge is 2.43. The fraction of sp³-hybridized carbons (Fsp3) is 0.650. The number of carboxylic acids is 1. The fourth-order valence-corrected chi connectivity index (χ4v) is 8.10. The van der Waals surface area contributed by atoms with Gasteiger partial charge in [0.25, 0.3) is 5.91 Å². The molecule has 1 saturated heterocycles. The topological polar surface area (TPSA) is 149 Å². The van der Waals surface area contributed by atoms with Crippen molar-refractivity contribution in [3.8, 4) is 0 Å². The second kappa shape index (κ2) is 18.9. The summed E-state index contributed by atoms with van der Waals surface area (Å²) in [7, 11) is 3.76. The van der Waals surface area contributed by atoms with Gasteiger partial charge in [0, 0.05) is 43.8 Å². The van der Waals surface area contributed by atoms with Crippen LogP contribution in [0.1, 0.15) is 120 Å². The number of likely N-dealkylation sites (N-methyl/N-ethyl adjacent to an activating group) is 1. The van der Waals surface area contributed by atoms with E-state index < -0.39 is 41.3 Å².